The van der Waals surface area contributed by atoms with Crippen LogP contribution >= 0.6 is 0 Å². The molecule has 0 aromatic heterocycles. The van der Waals surface area contributed by atoms with E-state index >= 15 is 0 Å². The number of hydrogen-bond donors (Lipinski definition) is 2. The summed E-state index contributed by atoms with van der Waals surface area (Å²) in [6, 6.07) is 6.00. The second-order valence-electron chi connectivity index (χ2n) is 5.03. The van der Waals surface area contributed by atoms with Crippen molar-refractivity contribution in [2.75, 3.05) is 13.7 Å². The van der Waals surface area contributed by atoms with E-state index in [9.17, 15) is 0 Å². The van der Waals surface area contributed by atoms with Crippen LogP contribution in [-0.4, -0.2) is 19.8 Å². The number of benzene rings is 1. The van der Waals surface area contributed by atoms with Gasteiger partial charge in [-0.3, -0.25) is 11.3 Å². The summed E-state index contributed by atoms with van der Waals surface area (Å²) in [5.74, 6) is 6.99. The van der Waals surface area contributed by atoms with Crippen molar-refractivity contribution in [3.05, 3.63) is 29.3 Å². The van der Waals surface area contributed by atoms with Gasteiger partial charge in [-0.2, -0.15) is 0 Å². The molecule has 4 heteroatoms. The van der Waals surface area contributed by atoms with E-state index in [1.807, 2.05) is 25.1 Å². The minimum Gasteiger partial charge on any atom is -0.497 e. The molecular weight excluding hydrogens is 240 g/mol. The number of hydrazine groups is 1. The smallest absolute Gasteiger partial charge is 0.119 e. The molecule has 0 aliphatic carbocycles. The van der Waals surface area contributed by atoms with Crippen LogP contribution in [0, 0.1) is 12.8 Å². The number of aryl methyl sites for hydroxylation is 1. The number of nitrogens with two attached hydrogens (primary N) is 1. The molecule has 0 saturated heterocycles. The Labute approximate surface area is 116 Å². The molecule has 4 nitrogen and oxygen atoms in total. The number of methoxy groups -OCH3 is 1. The van der Waals surface area contributed by atoms with Gasteiger partial charge in [0, 0.05) is 6.61 Å². The second-order valence-corrected chi connectivity index (χ2v) is 5.03. The zero-order valence-corrected chi connectivity index (χ0v) is 12.6. The second kappa shape index (κ2) is 7.48. The third-order valence-electron chi connectivity index (χ3n) is 3.34. The first-order valence-corrected chi connectivity index (χ1v) is 6.77. The number of hydrogen-bond acceptors (Lipinski definition) is 4. The fourth-order valence-electron chi connectivity index (χ4n) is 2.35. The first-order valence-electron chi connectivity index (χ1n) is 6.77. The van der Waals surface area contributed by atoms with Crippen molar-refractivity contribution >= 4 is 0 Å². The summed E-state index contributed by atoms with van der Waals surface area (Å²) in [6.07, 6.45) is 0.0436. The summed E-state index contributed by atoms with van der Waals surface area (Å²) in [5, 5.41) is 0. The lowest BCUT2D eigenvalue weighted by Crippen LogP contribution is -2.41. The first-order chi connectivity index (χ1) is 9.04. The van der Waals surface area contributed by atoms with Gasteiger partial charge in [0.25, 0.3) is 0 Å². The molecule has 0 spiro atoms. The van der Waals surface area contributed by atoms with Gasteiger partial charge >= 0.3 is 0 Å². The van der Waals surface area contributed by atoms with E-state index in [-0.39, 0.29) is 12.1 Å². The molecule has 19 heavy (non-hydrogen) atoms. The van der Waals surface area contributed by atoms with Gasteiger partial charge in [-0.05, 0) is 43.0 Å². The Morgan fingerprint density at radius 3 is 2.42 bits per heavy atom. The van der Waals surface area contributed by atoms with Crippen molar-refractivity contribution in [1.29, 1.82) is 0 Å². The summed E-state index contributed by atoms with van der Waals surface area (Å²) in [7, 11) is 1.67. The molecule has 0 heterocycles. The summed E-state index contributed by atoms with van der Waals surface area (Å²) in [5.41, 5.74) is 5.19. The molecule has 0 aliphatic heterocycles. The van der Waals surface area contributed by atoms with E-state index in [1.54, 1.807) is 7.11 Å². The van der Waals surface area contributed by atoms with Gasteiger partial charge in [0.05, 0.1) is 19.3 Å². The molecule has 0 radical (unpaired) electrons. The van der Waals surface area contributed by atoms with Crippen molar-refractivity contribution in [2.45, 2.75) is 39.8 Å². The van der Waals surface area contributed by atoms with Crippen LogP contribution in [0.4, 0.5) is 0 Å². The minimum absolute atomic E-state index is 0.0224. The minimum atomic E-state index is -0.0224. The number of rotatable bonds is 7. The Kier molecular flexibility index (Phi) is 6.28. The topological polar surface area (TPSA) is 56.5 Å². The van der Waals surface area contributed by atoms with Crippen LogP contribution in [0.3, 0.4) is 0 Å². The zero-order valence-electron chi connectivity index (χ0n) is 12.6. The molecule has 3 N–H and O–H groups in total. The van der Waals surface area contributed by atoms with Gasteiger partial charge in [-0.25, -0.2) is 0 Å². The SMILES string of the molecule is CCOC(C(C)C)C(NN)c1ccc(OC)cc1C. The highest BCUT2D eigenvalue weighted by atomic mass is 16.5. The van der Waals surface area contributed by atoms with Gasteiger partial charge < -0.3 is 9.47 Å². The Morgan fingerprint density at radius 1 is 1.32 bits per heavy atom. The molecular formula is C15H26N2O2. The van der Waals surface area contributed by atoms with E-state index in [0.717, 1.165) is 16.9 Å². The Hall–Kier alpha value is -1.10. The Morgan fingerprint density at radius 2 is 2.00 bits per heavy atom. The number of ether oxygens (including phenoxy) is 2. The average Bonchev–Trinajstić information content (AvgIpc) is 2.39. The molecule has 0 fully saturated rings. The maximum absolute atomic E-state index is 5.85. The van der Waals surface area contributed by atoms with Crippen molar-refractivity contribution in [3.63, 3.8) is 0 Å². The third kappa shape index (κ3) is 3.93. The van der Waals surface area contributed by atoms with Crippen molar-refractivity contribution in [2.24, 2.45) is 11.8 Å². The molecule has 0 aliphatic rings. The van der Waals surface area contributed by atoms with Crippen LogP contribution in [0.2, 0.25) is 0 Å². The van der Waals surface area contributed by atoms with E-state index in [2.05, 4.69) is 26.2 Å². The van der Waals surface area contributed by atoms with Crippen LogP contribution < -0.4 is 16.0 Å². The normalized spacial score (nSPS) is 14.5. The molecule has 0 bridgehead atoms. The fraction of sp³-hybridized carbons (Fsp3) is 0.600. The monoisotopic (exact) mass is 266 g/mol. The van der Waals surface area contributed by atoms with E-state index < -0.39 is 0 Å². The van der Waals surface area contributed by atoms with Crippen molar-refractivity contribution in [3.8, 4) is 5.75 Å². The van der Waals surface area contributed by atoms with Crippen molar-refractivity contribution in [1.82, 2.24) is 5.43 Å². The molecule has 2 atom stereocenters. The zero-order chi connectivity index (χ0) is 14.4. The lowest BCUT2D eigenvalue weighted by Gasteiger charge is -2.30. The molecule has 2 unspecified atom stereocenters. The fourth-order valence-corrected chi connectivity index (χ4v) is 2.35. The Balaban J connectivity index is 3.07. The maximum atomic E-state index is 5.85. The highest BCUT2D eigenvalue weighted by Crippen LogP contribution is 2.28. The van der Waals surface area contributed by atoms with Crippen LogP contribution in [-0.2, 0) is 4.74 Å². The highest BCUT2D eigenvalue weighted by molar-refractivity contribution is 5.37. The molecule has 108 valence electrons. The van der Waals surface area contributed by atoms with Crippen molar-refractivity contribution < 1.29 is 9.47 Å². The average molecular weight is 266 g/mol. The first kappa shape index (κ1) is 16.0. The van der Waals surface area contributed by atoms with Gasteiger partial charge in [0.15, 0.2) is 0 Å². The van der Waals surface area contributed by atoms with Crippen LogP contribution in [0.15, 0.2) is 18.2 Å². The highest BCUT2D eigenvalue weighted by Gasteiger charge is 2.26. The summed E-state index contributed by atoms with van der Waals surface area (Å²) < 4.78 is 11.1. The van der Waals surface area contributed by atoms with E-state index in [1.165, 1.54) is 0 Å². The van der Waals surface area contributed by atoms with Crippen LogP contribution in [0.5, 0.6) is 5.75 Å². The van der Waals surface area contributed by atoms with Crippen LogP contribution in [0.25, 0.3) is 0 Å². The van der Waals surface area contributed by atoms with E-state index in [4.69, 9.17) is 15.3 Å². The van der Waals surface area contributed by atoms with Gasteiger partial charge in [-0.1, -0.05) is 19.9 Å². The predicted octanol–water partition coefficient (Wildman–Crippen LogP) is 2.57. The molecule has 1 rings (SSSR count). The van der Waals surface area contributed by atoms with E-state index in [0.29, 0.717) is 12.5 Å². The van der Waals surface area contributed by atoms with Gasteiger partial charge in [-0.15, -0.1) is 0 Å². The van der Waals surface area contributed by atoms with Crippen LogP contribution in [0.1, 0.15) is 37.9 Å². The molecule has 0 amide bonds. The summed E-state index contributed by atoms with van der Waals surface area (Å²) in [4.78, 5) is 0. The lowest BCUT2D eigenvalue weighted by molar-refractivity contribution is 0.00261. The molecule has 0 saturated carbocycles. The quantitative estimate of drug-likeness (QED) is 0.588. The predicted molar refractivity (Wildman–Crippen MR) is 78.0 cm³/mol. The standard InChI is InChI=1S/C15H26N2O2/c1-6-19-15(10(2)3)14(17-16)13-8-7-12(18-5)9-11(13)4/h7-10,14-15,17H,6,16H2,1-5H3. The summed E-state index contributed by atoms with van der Waals surface area (Å²) in [6.45, 7) is 9.03. The third-order valence-corrected chi connectivity index (χ3v) is 3.34. The maximum Gasteiger partial charge on any atom is 0.119 e. The molecule has 1 aromatic carbocycles. The Bertz CT molecular complexity index is 394. The molecule has 1 aromatic rings. The summed E-state index contributed by atoms with van der Waals surface area (Å²) >= 11 is 0. The van der Waals surface area contributed by atoms with Gasteiger partial charge in [0.1, 0.15) is 5.75 Å². The van der Waals surface area contributed by atoms with Gasteiger partial charge in [0.2, 0.25) is 0 Å². The number of nitrogens with one attached hydrogen (secondary N) is 1. The lowest BCUT2D eigenvalue weighted by atomic mass is 9.91. The largest absolute Gasteiger partial charge is 0.497 e.